The molecule has 0 bridgehead atoms. The van der Waals surface area contributed by atoms with Crippen molar-refractivity contribution in [2.45, 2.75) is 32.4 Å². The predicted octanol–water partition coefficient (Wildman–Crippen LogP) is 4.71. The van der Waals surface area contributed by atoms with Crippen molar-refractivity contribution in [3.05, 3.63) is 48.9 Å². The number of methoxy groups -OCH3 is 1. The number of fused-ring (bicyclic) bond motifs is 1. The Morgan fingerprint density at radius 2 is 1.70 bits per heavy atom. The first-order valence-electron chi connectivity index (χ1n) is 12.7. The topological polar surface area (TPSA) is 87.4 Å². The maximum Gasteiger partial charge on any atom is 0.240 e. The van der Waals surface area contributed by atoms with Gasteiger partial charge in [-0.15, -0.1) is 0 Å². The van der Waals surface area contributed by atoms with Gasteiger partial charge in [0, 0.05) is 62.9 Å². The smallest absolute Gasteiger partial charge is 0.240 e. The number of nitrogens with zero attached hydrogens (tertiary/aromatic N) is 6. The second kappa shape index (κ2) is 11.0. The van der Waals surface area contributed by atoms with E-state index in [-0.39, 0.29) is 0 Å². The van der Waals surface area contributed by atoms with E-state index in [1.165, 1.54) is 0 Å². The Labute approximate surface area is 218 Å². The molecule has 9 nitrogen and oxygen atoms in total. The molecule has 1 aliphatic rings. The average molecular weight is 519 g/mol. The zero-order valence-corrected chi connectivity index (χ0v) is 23.0. The van der Waals surface area contributed by atoms with Gasteiger partial charge in [0.1, 0.15) is 23.9 Å². The lowest BCUT2D eigenvalue weighted by molar-refractivity contribution is 0.0818. The largest absolute Gasteiger partial charge is 0.479 e. The van der Waals surface area contributed by atoms with E-state index in [4.69, 9.17) is 19.3 Å². The van der Waals surface area contributed by atoms with Gasteiger partial charge in [0.25, 0.3) is 0 Å². The van der Waals surface area contributed by atoms with Crippen molar-refractivity contribution < 1.29 is 14.2 Å². The second-order valence-electron chi connectivity index (χ2n) is 10.3. The first-order chi connectivity index (χ1) is 17.9. The molecule has 1 fully saturated rings. The van der Waals surface area contributed by atoms with E-state index >= 15 is 0 Å². The lowest BCUT2D eigenvalue weighted by Gasteiger charge is -2.27. The molecule has 0 N–H and O–H groups in total. The normalized spacial score (nSPS) is 14.3. The highest BCUT2D eigenvalue weighted by Crippen LogP contribution is 2.34. The summed E-state index contributed by atoms with van der Waals surface area (Å²) in [5.74, 6) is 1.42. The Bertz CT molecular complexity index is 1360. The Morgan fingerprint density at radius 1 is 0.919 bits per heavy atom. The molecule has 194 valence electrons. The number of ether oxygens (including phenoxy) is 3. The minimum absolute atomic E-state index is 0.399. The van der Waals surface area contributed by atoms with Gasteiger partial charge in [0.15, 0.2) is 0 Å². The number of pyridine rings is 1. The van der Waals surface area contributed by atoms with Crippen LogP contribution in [0, 0.1) is 0 Å². The van der Waals surface area contributed by atoms with Crippen molar-refractivity contribution >= 4 is 24.8 Å². The van der Waals surface area contributed by atoms with Crippen LogP contribution in [0.2, 0.25) is 25.7 Å². The molecule has 1 aliphatic heterocycles. The van der Waals surface area contributed by atoms with Gasteiger partial charge in [-0.05, 0) is 30.3 Å². The van der Waals surface area contributed by atoms with Gasteiger partial charge >= 0.3 is 0 Å². The first-order valence-corrected chi connectivity index (χ1v) is 16.4. The van der Waals surface area contributed by atoms with Gasteiger partial charge in [-0.2, -0.15) is 5.10 Å². The molecule has 0 aliphatic carbocycles. The summed E-state index contributed by atoms with van der Waals surface area (Å²) in [5, 5.41) is 6.03. The summed E-state index contributed by atoms with van der Waals surface area (Å²) in [6.07, 6.45) is 5.16. The van der Waals surface area contributed by atoms with Crippen LogP contribution in [0.5, 0.6) is 5.88 Å². The minimum atomic E-state index is -1.17. The molecule has 37 heavy (non-hydrogen) atoms. The number of morpholine rings is 1. The third kappa shape index (κ3) is 5.81. The Hall–Kier alpha value is -3.34. The minimum Gasteiger partial charge on any atom is -0.479 e. The SMILES string of the molecule is COc1nccnc1-c1ccc2c(c1)c(-c1ccnc(N3CCOCC3)c1)nn2COCC[Si](C)(C)C. The first kappa shape index (κ1) is 25.3. The molecule has 0 spiro atoms. The highest BCUT2D eigenvalue weighted by Gasteiger charge is 2.19. The molecule has 0 saturated carbocycles. The maximum atomic E-state index is 6.08. The molecule has 4 aromatic rings. The maximum absolute atomic E-state index is 6.08. The molecular weight excluding hydrogens is 484 g/mol. The lowest BCUT2D eigenvalue weighted by Crippen LogP contribution is -2.36. The molecule has 10 heteroatoms. The number of hydrogen-bond acceptors (Lipinski definition) is 8. The Morgan fingerprint density at radius 3 is 2.49 bits per heavy atom. The monoisotopic (exact) mass is 518 g/mol. The van der Waals surface area contributed by atoms with Crippen LogP contribution in [0.25, 0.3) is 33.4 Å². The zero-order valence-electron chi connectivity index (χ0n) is 22.0. The van der Waals surface area contributed by atoms with Crippen molar-refractivity contribution in [1.82, 2.24) is 24.7 Å². The van der Waals surface area contributed by atoms with E-state index in [1.54, 1.807) is 19.5 Å². The third-order valence-electron chi connectivity index (χ3n) is 6.45. The van der Waals surface area contributed by atoms with Gasteiger partial charge in [-0.3, -0.25) is 0 Å². The second-order valence-corrected chi connectivity index (χ2v) is 16.0. The highest BCUT2D eigenvalue weighted by atomic mass is 28.3. The Balaban J connectivity index is 1.55. The molecule has 0 amide bonds. The van der Waals surface area contributed by atoms with E-state index in [2.05, 4.69) is 57.7 Å². The van der Waals surface area contributed by atoms with Crippen LogP contribution in [-0.2, 0) is 16.2 Å². The summed E-state index contributed by atoms with van der Waals surface area (Å²) in [7, 11) is 0.435. The molecule has 5 rings (SSSR count). The van der Waals surface area contributed by atoms with Crippen molar-refractivity contribution in [3.8, 4) is 28.4 Å². The summed E-state index contributed by atoms with van der Waals surface area (Å²) in [5.41, 5.74) is 4.50. The predicted molar refractivity (Wildman–Crippen MR) is 148 cm³/mol. The molecule has 1 saturated heterocycles. The van der Waals surface area contributed by atoms with Crippen molar-refractivity contribution in [1.29, 1.82) is 0 Å². The summed E-state index contributed by atoms with van der Waals surface area (Å²) < 4.78 is 19.0. The molecular formula is C27H34N6O3Si. The van der Waals surface area contributed by atoms with Crippen LogP contribution in [0.3, 0.4) is 0 Å². The third-order valence-corrected chi connectivity index (χ3v) is 8.15. The van der Waals surface area contributed by atoms with E-state index in [9.17, 15) is 0 Å². The number of aromatic nitrogens is 5. The van der Waals surface area contributed by atoms with Gasteiger partial charge in [0.2, 0.25) is 5.88 Å². The van der Waals surface area contributed by atoms with Crippen molar-refractivity contribution in [2.75, 3.05) is 44.9 Å². The van der Waals surface area contributed by atoms with Gasteiger partial charge in [0.05, 0.1) is 25.8 Å². The van der Waals surface area contributed by atoms with Gasteiger partial charge in [-0.25, -0.2) is 19.6 Å². The van der Waals surface area contributed by atoms with E-state index in [0.29, 0.717) is 31.5 Å². The molecule has 0 unspecified atom stereocenters. The number of anilines is 1. The number of hydrogen-bond donors (Lipinski definition) is 0. The molecule has 0 atom stereocenters. The van der Waals surface area contributed by atoms with E-state index < -0.39 is 8.07 Å². The quantitative estimate of drug-likeness (QED) is 0.233. The molecule has 0 radical (unpaired) electrons. The number of rotatable bonds is 9. The van der Waals surface area contributed by atoms with Crippen LogP contribution in [0.1, 0.15) is 0 Å². The van der Waals surface area contributed by atoms with E-state index in [1.807, 2.05) is 23.0 Å². The highest BCUT2D eigenvalue weighted by molar-refractivity contribution is 6.76. The molecule has 1 aromatic carbocycles. The standard InChI is InChI=1S/C27H34N6O3Si/c1-34-27-26(29-9-10-30-27)20-5-6-23-22(17-20)25(31-33(23)19-36-15-16-37(2,3)4)21-7-8-28-24(18-21)32-11-13-35-14-12-32/h5-10,17-18H,11-16,19H2,1-4H3. The summed E-state index contributed by atoms with van der Waals surface area (Å²) in [6.45, 7) is 11.3. The average Bonchev–Trinajstić information content (AvgIpc) is 3.29. The molecule has 4 heterocycles. The van der Waals surface area contributed by atoms with Crippen LogP contribution < -0.4 is 9.64 Å². The summed E-state index contributed by atoms with van der Waals surface area (Å²) in [4.78, 5) is 15.7. The van der Waals surface area contributed by atoms with Crippen molar-refractivity contribution in [2.24, 2.45) is 0 Å². The van der Waals surface area contributed by atoms with Crippen molar-refractivity contribution in [3.63, 3.8) is 0 Å². The fourth-order valence-electron chi connectivity index (χ4n) is 4.37. The lowest BCUT2D eigenvalue weighted by atomic mass is 10.0. The van der Waals surface area contributed by atoms with Gasteiger partial charge in [-0.1, -0.05) is 25.7 Å². The summed E-state index contributed by atoms with van der Waals surface area (Å²) in [6, 6.07) is 11.4. The zero-order chi connectivity index (χ0) is 25.8. The van der Waals surface area contributed by atoms with Crippen LogP contribution in [0.4, 0.5) is 5.82 Å². The summed E-state index contributed by atoms with van der Waals surface area (Å²) >= 11 is 0. The number of benzene rings is 1. The molecule has 3 aromatic heterocycles. The van der Waals surface area contributed by atoms with Crippen LogP contribution in [0.15, 0.2) is 48.9 Å². The fraction of sp³-hybridized carbons (Fsp3) is 0.407. The van der Waals surface area contributed by atoms with Gasteiger partial charge < -0.3 is 19.1 Å². The van der Waals surface area contributed by atoms with E-state index in [0.717, 1.165) is 59.3 Å². The fourth-order valence-corrected chi connectivity index (χ4v) is 5.13. The van der Waals surface area contributed by atoms with Crippen LogP contribution >= 0.6 is 0 Å². The Kier molecular flexibility index (Phi) is 7.49. The van der Waals surface area contributed by atoms with Crippen LogP contribution in [-0.4, -0.2) is 72.8 Å².